The smallest absolute Gasteiger partial charge is 0.136 e. The molecule has 2 heterocycles. The van der Waals surface area contributed by atoms with Gasteiger partial charge >= 0.3 is 0 Å². The van der Waals surface area contributed by atoms with Crippen molar-refractivity contribution in [3.63, 3.8) is 0 Å². The van der Waals surface area contributed by atoms with Gasteiger partial charge in [-0.2, -0.15) is 0 Å². The first-order valence-corrected chi connectivity index (χ1v) is 14.3. The third-order valence-corrected chi connectivity index (χ3v) is 9.00. The molecular formula is C38H24OS. The lowest BCUT2D eigenvalue weighted by atomic mass is 9.94. The van der Waals surface area contributed by atoms with Gasteiger partial charge in [0.05, 0.1) is 0 Å². The van der Waals surface area contributed by atoms with Gasteiger partial charge in [0, 0.05) is 36.9 Å². The molecule has 0 unspecified atom stereocenters. The van der Waals surface area contributed by atoms with Crippen molar-refractivity contribution in [3.8, 4) is 43.1 Å². The van der Waals surface area contributed by atoms with Crippen molar-refractivity contribution in [2.75, 3.05) is 0 Å². The van der Waals surface area contributed by atoms with Crippen molar-refractivity contribution in [2.24, 2.45) is 0 Å². The molecule has 8 rings (SSSR count). The van der Waals surface area contributed by atoms with Crippen molar-refractivity contribution in [3.05, 3.63) is 146 Å². The standard InChI is InChI=1S/C38H24OS/c1-3-12-25(13-4-1)27-16-11-17-28(22-27)37-30-19-7-8-20-31(30)38(40-37)34-24-36-33(29-18-9-10-21-35(29)39-36)23-32(34)26-14-5-2-6-15-26/h1-24H. The number of fused-ring (bicyclic) bond motifs is 4. The summed E-state index contributed by atoms with van der Waals surface area (Å²) >= 11 is 1.87. The van der Waals surface area contributed by atoms with E-state index in [1.165, 1.54) is 53.9 Å². The quantitative estimate of drug-likeness (QED) is 0.221. The fraction of sp³-hybridized carbons (Fsp3) is 0. The minimum absolute atomic E-state index is 0.918. The highest BCUT2D eigenvalue weighted by atomic mass is 32.1. The summed E-state index contributed by atoms with van der Waals surface area (Å²) in [6.45, 7) is 0. The maximum absolute atomic E-state index is 6.38. The number of hydrogen-bond donors (Lipinski definition) is 0. The Bertz CT molecular complexity index is 2150. The van der Waals surface area contributed by atoms with Crippen LogP contribution in [-0.2, 0) is 0 Å². The van der Waals surface area contributed by atoms with E-state index in [9.17, 15) is 0 Å². The molecular weight excluding hydrogens is 504 g/mol. The van der Waals surface area contributed by atoms with Gasteiger partial charge in [0.25, 0.3) is 0 Å². The molecule has 0 saturated heterocycles. The topological polar surface area (TPSA) is 13.1 Å². The maximum atomic E-state index is 6.38. The van der Waals surface area contributed by atoms with Gasteiger partial charge in [0.15, 0.2) is 0 Å². The monoisotopic (exact) mass is 528 g/mol. The van der Waals surface area contributed by atoms with E-state index >= 15 is 0 Å². The number of furan rings is 1. The molecule has 6 aromatic carbocycles. The van der Waals surface area contributed by atoms with Crippen LogP contribution in [0.4, 0.5) is 0 Å². The zero-order valence-electron chi connectivity index (χ0n) is 21.7. The molecule has 1 nitrogen and oxygen atoms in total. The van der Waals surface area contributed by atoms with Gasteiger partial charge in [-0.05, 0) is 52.1 Å². The van der Waals surface area contributed by atoms with E-state index in [1.54, 1.807) is 0 Å². The van der Waals surface area contributed by atoms with Crippen molar-refractivity contribution < 1.29 is 4.42 Å². The summed E-state index contributed by atoms with van der Waals surface area (Å²) in [6.07, 6.45) is 0. The molecule has 0 spiro atoms. The van der Waals surface area contributed by atoms with Crippen LogP contribution >= 0.6 is 11.3 Å². The lowest BCUT2D eigenvalue weighted by Gasteiger charge is -2.10. The third-order valence-electron chi connectivity index (χ3n) is 7.70. The van der Waals surface area contributed by atoms with Crippen LogP contribution in [0.3, 0.4) is 0 Å². The molecule has 0 amide bonds. The van der Waals surface area contributed by atoms with Crippen molar-refractivity contribution in [2.45, 2.75) is 0 Å². The predicted molar refractivity (Wildman–Crippen MR) is 171 cm³/mol. The SMILES string of the molecule is c1ccc(-c2cccc(-c3sc(-c4cc5oc6ccccc6c5cc4-c4ccccc4)c4ccccc34)c2)cc1. The lowest BCUT2D eigenvalue weighted by molar-refractivity contribution is 0.669. The lowest BCUT2D eigenvalue weighted by Crippen LogP contribution is -1.84. The Labute approximate surface area is 236 Å². The van der Waals surface area contributed by atoms with Gasteiger partial charge < -0.3 is 4.42 Å². The number of hydrogen-bond acceptors (Lipinski definition) is 2. The molecule has 0 aliphatic heterocycles. The van der Waals surface area contributed by atoms with Gasteiger partial charge in [-0.3, -0.25) is 0 Å². The fourth-order valence-electron chi connectivity index (χ4n) is 5.79. The van der Waals surface area contributed by atoms with Crippen LogP contribution in [0, 0.1) is 0 Å². The first kappa shape index (κ1) is 23.0. The predicted octanol–water partition coefficient (Wildman–Crippen LogP) is 11.5. The highest BCUT2D eigenvalue weighted by Crippen LogP contribution is 2.48. The summed E-state index contributed by atoms with van der Waals surface area (Å²) in [7, 11) is 0. The van der Waals surface area contributed by atoms with E-state index in [-0.39, 0.29) is 0 Å². The minimum atomic E-state index is 0.918. The van der Waals surface area contributed by atoms with E-state index in [0.29, 0.717) is 0 Å². The molecule has 8 aromatic rings. The highest BCUT2D eigenvalue weighted by Gasteiger charge is 2.20. The van der Waals surface area contributed by atoms with Gasteiger partial charge in [-0.25, -0.2) is 0 Å². The Morgan fingerprint density at radius 2 is 0.950 bits per heavy atom. The van der Waals surface area contributed by atoms with Crippen molar-refractivity contribution in [1.82, 2.24) is 0 Å². The molecule has 2 aromatic heterocycles. The number of para-hydroxylation sites is 1. The van der Waals surface area contributed by atoms with E-state index in [4.69, 9.17) is 4.42 Å². The van der Waals surface area contributed by atoms with Gasteiger partial charge in [0.1, 0.15) is 11.2 Å². The Hall–Kier alpha value is -4.92. The summed E-state index contributed by atoms with van der Waals surface area (Å²) in [4.78, 5) is 2.55. The van der Waals surface area contributed by atoms with Crippen LogP contribution in [0.15, 0.2) is 150 Å². The first-order valence-electron chi connectivity index (χ1n) is 13.5. The molecule has 0 aliphatic rings. The zero-order chi connectivity index (χ0) is 26.5. The Morgan fingerprint density at radius 3 is 1.73 bits per heavy atom. The van der Waals surface area contributed by atoms with Crippen LogP contribution < -0.4 is 0 Å². The highest BCUT2D eigenvalue weighted by molar-refractivity contribution is 7.21. The van der Waals surface area contributed by atoms with Crippen molar-refractivity contribution >= 4 is 44.0 Å². The summed E-state index contributed by atoms with van der Waals surface area (Å²) in [5.74, 6) is 0. The Balaban J connectivity index is 1.40. The van der Waals surface area contributed by atoms with E-state index in [0.717, 1.165) is 21.9 Å². The van der Waals surface area contributed by atoms with Crippen LogP contribution in [0.25, 0.3) is 75.8 Å². The zero-order valence-corrected chi connectivity index (χ0v) is 22.5. The van der Waals surface area contributed by atoms with Crippen LogP contribution in [0.5, 0.6) is 0 Å². The second-order valence-electron chi connectivity index (χ2n) is 10.1. The van der Waals surface area contributed by atoms with Gasteiger partial charge in [-0.15, -0.1) is 11.3 Å². The Kier molecular flexibility index (Phi) is 5.39. The Morgan fingerprint density at radius 1 is 0.350 bits per heavy atom. The molecule has 0 radical (unpaired) electrons. The van der Waals surface area contributed by atoms with E-state index in [1.807, 2.05) is 17.4 Å². The minimum Gasteiger partial charge on any atom is -0.456 e. The molecule has 0 fully saturated rings. The average Bonchev–Trinajstić information content (AvgIpc) is 3.60. The summed E-state index contributed by atoms with van der Waals surface area (Å²) in [6, 6.07) is 51.9. The summed E-state index contributed by atoms with van der Waals surface area (Å²) < 4.78 is 6.38. The maximum Gasteiger partial charge on any atom is 0.136 e. The summed E-state index contributed by atoms with van der Waals surface area (Å²) in [5, 5.41) is 4.84. The van der Waals surface area contributed by atoms with Crippen LogP contribution in [0.2, 0.25) is 0 Å². The van der Waals surface area contributed by atoms with E-state index in [2.05, 4.69) is 140 Å². The number of benzene rings is 6. The van der Waals surface area contributed by atoms with E-state index < -0.39 is 0 Å². The average molecular weight is 529 g/mol. The molecule has 2 heteroatoms. The van der Waals surface area contributed by atoms with Crippen molar-refractivity contribution in [1.29, 1.82) is 0 Å². The largest absolute Gasteiger partial charge is 0.456 e. The molecule has 0 saturated carbocycles. The molecule has 0 bridgehead atoms. The van der Waals surface area contributed by atoms with Crippen LogP contribution in [0.1, 0.15) is 0 Å². The van der Waals surface area contributed by atoms with Gasteiger partial charge in [-0.1, -0.05) is 121 Å². The van der Waals surface area contributed by atoms with Crippen LogP contribution in [-0.4, -0.2) is 0 Å². The fourth-order valence-corrected chi connectivity index (χ4v) is 7.10. The van der Waals surface area contributed by atoms with Gasteiger partial charge in [0.2, 0.25) is 0 Å². The molecule has 40 heavy (non-hydrogen) atoms. The summed E-state index contributed by atoms with van der Waals surface area (Å²) in [5.41, 5.74) is 9.15. The molecule has 188 valence electrons. The first-order chi connectivity index (χ1) is 19.8. The second-order valence-corrected chi connectivity index (χ2v) is 11.1. The molecule has 0 atom stereocenters. The molecule has 0 N–H and O–H groups in total. The second kappa shape index (κ2) is 9.37. The number of thiophene rings is 1. The molecule has 0 aliphatic carbocycles. The third kappa shape index (κ3) is 3.77. The number of rotatable bonds is 4. The normalized spacial score (nSPS) is 11.5.